The van der Waals surface area contributed by atoms with Crippen LogP contribution >= 0.6 is 0 Å². The molecule has 14 nitrogen and oxygen atoms in total. The Kier molecular flexibility index (Phi) is 11.1. The van der Waals surface area contributed by atoms with Gasteiger partial charge in [0, 0.05) is 6.54 Å². The molecular formula is C36H54BN5O9. The third kappa shape index (κ3) is 9.04. The van der Waals surface area contributed by atoms with Gasteiger partial charge in [-0.15, -0.1) is 5.10 Å². The quantitative estimate of drug-likeness (QED) is 0.173. The van der Waals surface area contributed by atoms with Crippen LogP contribution in [0, 0.1) is 17.3 Å². The molecule has 4 fully saturated rings. The molecule has 2 aromatic rings. The smallest absolute Gasteiger partial charge is 0.482 e. The molecule has 1 aromatic carbocycles. The molecule has 15 heteroatoms. The molecule has 2 heterocycles. The van der Waals surface area contributed by atoms with Gasteiger partial charge in [0.25, 0.3) is 0 Å². The summed E-state index contributed by atoms with van der Waals surface area (Å²) >= 11 is 0. The highest BCUT2D eigenvalue weighted by Crippen LogP contribution is 2.65. The molecule has 1 unspecified atom stereocenters. The van der Waals surface area contributed by atoms with E-state index >= 15 is 0 Å². The number of hydrogen-bond acceptors (Lipinski definition) is 11. The number of amides is 2. The van der Waals surface area contributed by atoms with Crippen molar-refractivity contribution in [2.24, 2.45) is 17.3 Å². The third-order valence-corrected chi connectivity index (χ3v) is 10.1. The van der Waals surface area contributed by atoms with E-state index in [9.17, 15) is 14.4 Å². The van der Waals surface area contributed by atoms with Crippen molar-refractivity contribution < 1.29 is 42.6 Å². The monoisotopic (exact) mass is 711 g/mol. The van der Waals surface area contributed by atoms with Gasteiger partial charge in [0.05, 0.1) is 44.2 Å². The molecule has 1 aliphatic heterocycles. The van der Waals surface area contributed by atoms with Crippen LogP contribution in [-0.4, -0.2) is 89.2 Å². The number of rotatable bonds is 13. The number of hydrogen-bond donors (Lipinski definition) is 2. The van der Waals surface area contributed by atoms with Crippen LogP contribution in [-0.2, 0) is 47.9 Å². The summed E-state index contributed by atoms with van der Waals surface area (Å²) in [6.07, 6.45) is 3.29. The second kappa shape index (κ2) is 14.7. The summed E-state index contributed by atoms with van der Waals surface area (Å²) in [5.74, 6) is -0.165. The van der Waals surface area contributed by atoms with Crippen molar-refractivity contribution in [1.29, 1.82) is 0 Å². The van der Waals surface area contributed by atoms with E-state index < -0.39 is 41.9 Å². The van der Waals surface area contributed by atoms with Crippen molar-refractivity contribution in [2.75, 3.05) is 20.3 Å². The van der Waals surface area contributed by atoms with E-state index in [2.05, 4.69) is 41.7 Å². The summed E-state index contributed by atoms with van der Waals surface area (Å²) in [6, 6.07) is 5.31. The zero-order chi connectivity index (χ0) is 37.4. The van der Waals surface area contributed by atoms with Gasteiger partial charge in [-0.3, -0.25) is 4.79 Å². The number of benzene rings is 1. The lowest BCUT2D eigenvalue weighted by Crippen LogP contribution is -2.65. The molecule has 1 saturated heterocycles. The van der Waals surface area contributed by atoms with Gasteiger partial charge in [-0.2, -0.15) is 0 Å². The number of esters is 1. The summed E-state index contributed by atoms with van der Waals surface area (Å²) in [5.41, 5.74) is -0.0866. The fraction of sp³-hybridized carbons (Fsp3) is 0.694. The number of nitrogens with zero attached hydrogens (tertiary/aromatic N) is 3. The Morgan fingerprint density at radius 2 is 1.80 bits per heavy atom. The van der Waals surface area contributed by atoms with E-state index in [0.717, 1.165) is 12.8 Å². The molecule has 2 amide bonds. The summed E-state index contributed by atoms with van der Waals surface area (Å²) < 4.78 is 37.1. The van der Waals surface area contributed by atoms with E-state index in [0.29, 0.717) is 34.4 Å². The van der Waals surface area contributed by atoms with E-state index in [4.69, 9.17) is 28.3 Å². The molecule has 2 bridgehead atoms. The Bertz CT molecular complexity index is 1590. The zero-order valence-electron chi connectivity index (χ0n) is 31.7. The lowest BCUT2D eigenvalue weighted by molar-refractivity contribution is -0.199. The number of ether oxygens (including phenoxy) is 4. The lowest BCUT2D eigenvalue weighted by atomic mass is 9.43. The fourth-order valence-electron chi connectivity index (χ4n) is 7.60. The van der Waals surface area contributed by atoms with Crippen molar-refractivity contribution in [3.63, 3.8) is 0 Å². The van der Waals surface area contributed by atoms with Crippen LogP contribution in [0.3, 0.4) is 0 Å². The van der Waals surface area contributed by atoms with Crippen LogP contribution in [0.1, 0.15) is 96.8 Å². The predicted octanol–water partition coefficient (Wildman–Crippen LogP) is 4.28. The summed E-state index contributed by atoms with van der Waals surface area (Å²) in [6.45, 7) is 18.1. The minimum absolute atomic E-state index is 0.0918. The Labute approximate surface area is 301 Å². The molecule has 3 aliphatic carbocycles. The summed E-state index contributed by atoms with van der Waals surface area (Å²) in [7, 11) is 0.778. The normalized spacial score (nSPS) is 24.2. The standard InChI is InChI=1S/C36H54BN5O9/c1-33(2,3)48-31(44)25-13-11-12-22(30(25)46-10)16-28(37-50-27-18-23-17-26(35(23,7)8)36(27,9)51-37)39-29(43)20-42-19-24(40-41-42)21-47-15-14-38-32(45)49-34(4,5)6/h11-13,19,23,26-28H,14-18,20-21H2,1-10H3,(H,38,45)(H,39,43)/t23-,26-,27+,28?,36-/m0/s1. The number of nitrogens with one attached hydrogen (secondary N) is 2. The van der Waals surface area contributed by atoms with Crippen molar-refractivity contribution in [1.82, 2.24) is 25.6 Å². The maximum absolute atomic E-state index is 13.6. The second-order valence-corrected chi connectivity index (χ2v) is 16.6. The van der Waals surface area contributed by atoms with Gasteiger partial charge in [0.2, 0.25) is 5.91 Å². The minimum atomic E-state index is -0.733. The maximum Gasteiger partial charge on any atom is 0.482 e. The number of methoxy groups -OCH3 is 1. The number of aromatic nitrogens is 3. The van der Waals surface area contributed by atoms with Gasteiger partial charge in [-0.05, 0) is 96.6 Å². The number of carbonyl (C=O) groups excluding carboxylic acids is 3. The van der Waals surface area contributed by atoms with E-state index in [1.807, 2.05) is 26.8 Å². The Morgan fingerprint density at radius 3 is 2.47 bits per heavy atom. The molecule has 280 valence electrons. The third-order valence-electron chi connectivity index (χ3n) is 10.1. The fourth-order valence-corrected chi connectivity index (χ4v) is 7.60. The highest BCUT2D eigenvalue weighted by atomic mass is 16.7. The Balaban J connectivity index is 1.26. The van der Waals surface area contributed by atoms with Gasteiger partial charge in [-0.1, -0.05) is 31.2 Å². The van der Waals surface area contributed by atoms with Crippen molar-refractivity contribution >= 4 is 25.1 Å². The molecule has 3 saturated carbocycles. The number of alkyl carbamates (subject to hydrolysis) is 1. The van der Waals surface area contributed by atoms with Gasteiger partial charge >= 0.3 is 19.2 Å². The maximum atomic E-state index is 13.6. The first-order chi connectivity index (χ1) is 23.8. The largest absolute Gasteiger partial charge is 0.496 e. The molecule has 6 rings (SSSR count). The molecule has 2 N–H and O–H groups in total. The Hall–Kier alpha value is -3.69. The van der Waals surface area contributed by atoms with Crippen molar-refractivity contribution in [2.45, 2.75) is 124 Å². The molecular weight excluding hydrogens is 657 g/mol. The van der Waals surface area contributed by atoms with Gasteiger partial charge in [0.15, 0.2) is 0 Å². The SMILES string of the molecule is COc1c(CC(NC(=O)Cn2cc(COCCNC(=O)OC(C)(C)C)nn2)B2O[C@@H]3C[C@@H]4C[C@@H](C4(C)C)[C@]3(C)O2)cccc1C(=O)OC(C)(C)C. The van der Waals surface area contributed by atoms with Crippen LogP contribution in [0.4, 0.5) is 4.79 Å². The van der Waals surface area contributed by atoms with Crippen molar-refractivity contribution in [3.8, 4) is 5.75 Å². The first kappa shape index (κ1) is 38.5. The zero-order valence-corrected chi connectivity index (χ0v) is 31.7. The predicted molar refractivity (Wildman–Crippen MR) is 188 cm³/mol. The minimum Gasteiger partial charge on any atom is -0.496 e. The van der Waals surface area contributed by atoms with Crippen LogP contribution in [0.25, 0.3) is 0 Å². The molecule has 0 spiro atoms. The summed E-state index contributed by atoms with van der Waals surface area (Å²) in [4.78, 5) is 38.5. The van der Waals surface area contributed by atoms with E-state index in [1.165, 1.54) is 11.8 Å². The van der Waals surface area contributed by atoms with Crippen LogP contribution in [0.2, 0.25) is 0 Å². The molecule has 4 aliphatic rings. The van der Waals surface area contributed by atoms with E-state index in [-0.39, 0.29) is 50.2 Å². The van der Waals surface area contributed by atoms with Crippen molar-refractivity contribution in [3.05, 3.63) is 41.2 Å². The first-order valence-corrected chi connectivity index (χ1v) is 17.7. The highest BCUT2D eigenvalue weighted by Gasteiger charge is 2.68. The molecule has 5 atom stereocenters. The average Bonchev–Trinajstić information content (AvgIpc) is 3.61. The molecule has 1 aromatic heterocycles. The van der Waals surface area contributed by atoms with Crippen LogP contribution in [0.5, 0.6) is 5.75 Å². The topological polar surface area (TPSA) is 161 Å². The average molecular weight is 712 g/mol. The van der Waals surface area contributed by atoms with Crippen LogP contribution in [0.15, 0.2) is 24.4 Å². The number of carbonyl (C=O) groups is 3. The summed E-state index contributed by atoms with van der Waals surface area (Å²) in [5, 5.41) is 14.0. The lowest BCUT2D eigenvalue weighted by Gasteiger charge is -2.64. The molecule has 0 radical (unpaired) electrons. The Morgan fingerprint density at radius 1 is 1.08 bits per heavy atom. The van der Waals surface area contributed by atoms with E-state index in [1.54, 1.807) is 39.1 Å². The van der Waals surface area contributed by atoms with Gasteiger partial charge in [0.1, 0.15) is 34.8 Å². The number of para-hydroxylation sites is 1. The first-order valence-electron chi connectivity index (χ1n) is 17.7. The van der Waals surface area contributed by atoms with Crippen LogP contribution < -0.4 is 15.4 Å². The second-order valence-electron chi connectivity index (χ2n) is 16.6. The van der Waals surface area contributed by atoms with Gasteiger partial charge < -0.3 is 38.9 Å². The van der Waals surface area contributed by atoms with Gasteiger partial charge in [-0.25, -0.2) is 14.3 Å². The highest BCUT2D eigenvalue weighted by molar-refractivity contribution is 6.48. The molecule has 51 heavy (non-hydrogen) atoms.